The highest BCUT2D eigenvalue weighted by Gasteiger charge is 2.17. The van der Waals surface area contributed by atoms with Gasteiger partial charge in [0.15, 0.2) is 0 Å². The SMILES string of the molecule is CN(CC1CCCOC1)c1ncc(N)cc1Cl. The zero-order chi connectivity index (χ0) is 12.3. The second-order valence-electron chi connectivity index (χ2n) is 4.54. The molecule has 0 spiro atoms. The van der Waals surface area contributed by atoms with Gasteiger partial charge in [0.25, 0.3) is 0 Å². The molecule has 94 valence electrons. The normalized spacial score (nSPS) is 20.2. The van der Waals surface area contributed by atoms with Crippen LogP contribution in [0.3, 0.4) is 0 Å². The third-order valence-corrected chi connectivity index (χ3v) is 3.27. The predicted molar refractivity (Wildman–Crippen MR) is 70.5 cm³/mol. The van der Waals surface area contributed by atoms with E-state index >= 15 is 0 Å². The topological polar surface area (TPSA) is 51.4 Å². The van der Waals surface area contributed by atoms with Crippen molar-refractivity contribution in [1.82, 2.24) is 4.98 Å². The van der Waals surface area contributed by atoms with E-state index in [0.717, 1.165) is 32.0 Å². The summed E-state index contributed by atoms with van der Waals surface area (Å²) in [6.07, 6.45) is 3.98. The fourth-order valence-electron chi connectivity index (χ4n) is 2.15. The lowest BCUT2D eigenvalue weighted by atomic mass is 10.0. The summed E-state index contributed by atoms with van der Waals surface area (Å²) in [6.45, 7) is 2.63. The van der Waals surface area contributed by atoms with Gasteiger partial charge in [-0.3, -0.25) is 0 Å². The smallest absolute Gasteiger partial charge is 0.147 e. The average molecular weight is 256 g/mol. The van der Waals surface area contributed by atoms with Gasteiger partial charge in [0.1, 0.15) is 5.82 Å². The number of aromatic nitrogens is 1. The zero-order valence-electron chi connectivity index (χ0n) is 10.0. The number of nitrogen functional groups attached to an aromatic ring is 1. The first kappa shape index (κ1) is 12.5. The zero-order valence-corrected chi connectivity index (χ0v) is 10.8. The van der Waals surface area contributed by atoms with E-state index in [1.807, 2.05) is 7.05 Å². The van der Waals surface area contributed by atoms with Crippen LogP contribution in [0.4, 0.5) is 11.5 Å². The Bertz CT molecular complexity index is 380. The molecule has 0 aliphatic carbocycles. The predicted octanol–water partition coefficient (Wildman–Crippen LogP) is 2.18. The Labute approximate surface area is 107 Å². The lowest BCUT2D eigenvalue weighted by Gasteiger charge is -2.28. The highest BCUT2D eigenvalue weighted by molar-refractivity contribution is 6.33. The summed E-state index contributed by atoms with van der Waals surface area (Å²) in [5, 5.41) is 0.601. The molecular weight excluding hydrogens is 238 g/mol. The number of anilines is 2. The highest BCUT2D eigenvalue weighted by atomic mass is 35.5. The van der Waals surface area contributed by atoms with Crippen molar-refractivity contribution in [2.45, 2.75) is 12.8 Å². The van der Waals surface area contributed by atoms with Crippen molar-refractivity contribution < 1.29 is 4.74 Å². The molecule has 17 heavy (non-hydrogen) atoms. The number of halogens is 1. The molecule has 0 saturated carbocycles. The number of nitrogens with zero attached hydrogens (tertiary/aromatic N) is 2. The van der Waals surface area contributed by atoms with Crippen molar-refractivity contribution in [3.8, 4) is 0 Å². The minimum atomic E-state index is 0.559. The number of ether oxygens (including phenoxy) is 1. The Kier molecular flexibility index (Phi) is 4.07. The molecule has 0 radical (unpaired) electrons. The highest BCUT2D eigenvalue weighted by Crippen LogP contribution is 2.25. The van der Waals surface area contributed by atoms with E-state index in [4.69, 9.17) is 22.1 Å². The van der Waals surface area contributed by atoms with Gasteiger partial charge in [-0.15, -0.1) is 0 Å². The van der Waals surface area contributed by atoms with Gasteiger partial charge in [-0.05, 0) is 24.8 Å². The van der Waals surface area contributed by atoms with Crippen molar-refractivity contribution in [1.29, 1.82) is 0 Å². The number of nitrogens with two attached hydrogens (primary N) is 1. The minimum Gasteiger partial charge on any atom is -0.397 e. The molecule has 0 bridgehead atoms. The van der Waals surface area contributed by atoms with Gasteiger partial charge < -0.3 is 15.4 Å². The Morgan fingerprint density at radius 1 is 1.65 bits per heavy atom. The largest absolute Gasteiger partial charge is 0.397 e. The lowest BCUT2D eigenvalue weighted by molar-refractivity contribution is 0.0576. The Morgan fingerprint density at radius 2 is 2.47 bits per heavy atom. The molecule has 0 amide bonds. The van der Waals surface area contributed by atoms with Crippen LogP contribution in [0.15, 0.2) is 12.3 Å². The maximum Gasteiger partial charge on any atom is 0.147 e. The van der Waals surface area contributed by atoms with E-state index in [1.54, 1.807) is 12.3 Å². The summed E-state index contributed by atoms with van der Waals surface area (Å²) in [6, 6.07) is 1.73. The van der Waals surface area contributed by atoms with Crippen LogP contribution in [0.25, 0.3) is 0 Å². The van der Waals surface area contributed by atoms with Crippen LogP contribution in [0.5, 0.6) is 0 Å². The molecule has 0 aromatic carbocycles. The van der Waals surface area contributed by atoms with Gasteiger partial charge >= 0.3 is 0 Å². The third kappa shape index (κ3) is 3.23. The fourth-order valence-corrected chi connectivity index (χ4v) is 2.47. The molecule has 1 atom stereocenters. The van der Waals surface area contributed by atoms with E-state index in [-0.39, 0.29) is 0 Å². The molecule has 1 fully saturated rings. The minimum absolute atomic E-state index is 0.559. The molecule has 1 aliphatic rings. The Hall–Kier alpha value is -1.00. The Morgan fingerprint density at radius 3 is 3.12 bits per heavy atom. The van der Waals surface area contributed by atoms with Crippen molar-refractivity contribution in [3.05, 3.63) is 17.3 Å². The number of pyridine rings is 1. The molecule has 1 saturated heterocycles. The molecule has 2 N–H and O–H groups in total. The van der Waals surface area contributed by atoms with E-state index in [0.29, 0.717) is 16.6 Å². The van der Waals surface area contributed by atoms with E-state index in [2.05, 4.69) is 9.88 Å². The molecular formula is C12H18ClN3O. The number of rotatable bonds is 3. The summed E-state index contributed by atoms with van der Waals surface area (Å²) in [7, 11) is 2.00. The maximum absolute atomic E-state index is 6.13. The fraction of sp³-hybridized carbons (Fsp3) is 0.583. The van der Waals surface area contributed by atoms with Gasteiger partial charge in [0.2, 0.25) is 0 Å². The van der Waals surface area contributed by atoms with E-state index in [1.165, 1.54) is 6.42 Å². The maximum atomic E-state index is 6.13. The molecule has 2 heterocycles. The van der Waals surface area contributed by atoms with E-state index in [9.17, 15) is 0 Å². The van der Waals surface area contributed by atoms with Gasteiger partial charge in [0.05, 0.1) is 23.5 Å². The second kappa shape index (κ2) is 5.56. The molecule has 1 unspecified atom stereocenters. The van der Waals surface area contributed by atoms with Crippen molar-refractivity contribution in [2.24, 2.45) is 5.92 Å². The summed E-state index contributed by atoms with van der Waals surface area (Å²) < 4.78 is 5.47. The molecule has 5 heteroatoms. The van der Waals surface area contributed by atoms with Crippen molar-refractivity contribution in [2.75, 3.05) is 37.4 Å². The van der Waals surface area contributed by atoms with Crippen LogP contribution in [-0.4, -0.2) is 31.8 Å². The summed E-state index contributed by atoms with van der Waals surface area (Å²) in [4.78, 5) is 6.34. The molecule has 4 nitrogen and oxygen atoms in total. The third-order valence-electron chi connectivity index (χ3n) is 2.99. The van der Waals surface area contributed by atoms with Gasteiger partial charge in [-0.25, -0.2) is 4.98 Å². The average Bonchev–Trinajstić information content (AvgIpc) is 2.30. The number of hydrogen-bond donors (Lipinski definition) is 1. The quantitative estimate of drug-likeness (QED) is 0.900. The molecule has 2 rings (SSSR count). The first-order valence-electron chi connectivity index (χ1n) is 5.86. The molecule has 1 aliphatic heterocycles. The molecule has 1 aromatic rings. The van der Waals surface area contributed by atoms with Crippen molar-refractivity contribution >= 4 is 23.1 Å². The summed E-state index contributed by atoms with van der Waals surface area (Å²) >= 11 is 6.13. The van der Waals surface area contributed by atoms with Crippen LogP contribution in [-0.2, 0) is 4.74 Å². The van der Waals surface area contributed by atoms with Gasteiger partial charge in [-0.1, -0.05) is 11.6 Å². The van der Waals surface area contributed by atoms with Crippen LogP contribution in [0.2, 0.25) is 5.02 Å². The first-order chi connectivity index (χ1) is 8.16. The summed E-state index contributed by atoms with van der Waals surface area (Å²) in [5.74, 6) is 1.34. The molecule has 1 aromatic heterocycles. The van der Waals surface area contributed by atoms with Crippen LogP contribution in [0, 0.1) is 5.92 Å². The van der Waals surface area contributed by atoms with Crippen LogP contribution >= 0.6 is 11.6 Å². The van der Waals surface area contributed by atoms with Crippen molar-refractivity contribution in [3.63, 3.8) is 0 Å². The lowest BCUT2D eigenvalue weighted by Crippen LogP contribution is -2.31. The number of hydrogen-bond acceptors (Lipinski definition) is 4. The van der Waals surface area contributed by atoms with Crippen LogP contribution < -0.4 is 10.6 Å². The first-order valence-corrected chi connectivity index (χ1v) is 6.24. The Balaban J connectivity index is 2.00. The standard InChI is InChI=1S/C12H18ClN3O/c1-16(7-9-3-2-4-17-8-9)12-11(13)5-10(14)6-15-12/h5-6,9H,2-4,7-8,14H2,1H3. The second-order valence-corrected chi connectivity index (χ2v) is 4.94. The summed E-state index contributed by atoms with van der Waals surface area (Å²) in [5.41, 5.74) is 6.22. The monoisotopic (exact) mass is 255 g/mol. The van der Waals surface area contributed by atoms with Crippen LogP contribution in [0.1, 0.15) is 12.8 Å². The van der Waals surface area contributed by atoms with Gasteiger partial charge in [-0.2, -0.15) is 0 Å². The van der Waals surface area contributed by atoms with E-state index < -0.39 is 0 Å². The van der Waals surface area contributed by atoms with Gasteiger partial charge in [0, 0.05) is 20.2 Å².